The van der Waals surface area contributed by atoms with Crippen LogP contribution in [0.25, 0.3) is 0 Å². The highest BCUT2D eigenvalue weighted by molar-refractivity contribution is 5.68. The molecule has 0 spiro atoms. The largest absolute Gasteiger partial charge is 0.493 e. The molecule has 0 bridgehead atoms. The molecule has 0 aliphatic heterocycles. The molecule has 0 unspecified atom stereocenters. The summed E-state index contributed by atoms with van der Waals surface area (Å²) in [6.07, 6.45) is 0.797. The highest BCUT2D eigenvalue weighted by Crippen LogP contribution is 2.31. The minimum Gasteiger partial charge on any atom is -0.493 e. The van der Waals surface area contributed by atoms with Crippen LogP contribution < -0.4 is 14.8 Å². The van der Waals surface area contributed by atoms with Crippen LogP contribution in [0.4, 0.5) is 0 Å². The van der Waals surface area contributed by atoms with Gasteiger partial charge in [0.2, 0.25) is 0 Å². The average molecular weight is 283 g/mol. The van der Waals surface area contributed by atoms with Crippen molar-refractivity contribution in [2.75, 3.05) is 20.3 Å². The second kappa shape index (κ2) is 8.39. The second-order valence-corrected chi connectivity index (χ2v) is 4.30. The lowest BCUT2D eigenvalue weighted by molar-refractivity contribution is -0.139. The predicted octanol–water partition coefficient (Wildman–Crippen LogP) is 1.02. The van der Waals surface area contributed by atoms with Crippen LogP contribution in [0.1, 0.15) is 18.9 Å². The number of nitrogens with one attached hydrogen (secondary N) is 1. The highest BCUT2D eigenvalue weighted by Gasteiger charge is 2.13. The van der Waals surface area contributed by atoms with Gasteiger partial charge in [-0.25, -0.2) is 4.79 Å². The van der Waals surface area contributed by atoms with Crippen LogP contribution in [-0.2, 0) is 11.3 Å². The molecule has 112 valence electrons. The van der Waals surface area contributed by atoms with Crippen molar-refractivity contribution in [2.45, 2.75) is 25.9 Å². The maximum absolute atomic E-state index is 10.6. The van der Waals surface area contributed by atoms with Crippen LogP contribution in [0.15, 0.2) is 18.2 Å². The highest BCUT2D eigenvalue weighted by atomic mass is 16.5. The quantitative estimate of drug-likeness (QED) is 0.627. The molecule has 20 heavy (non-hydrogen) atoms. The Bertz CT molecular complexity index is 432. The van der Waals surface area contributed by atoms with Crippen LogP contribution in [0.2, 0.25) is 0 Å². The van der Waals surface area contributed by atoms with Gasteiger partial charge >= 0.3 is 5.97 Å². The summed E-state index contributed by atoms with van der Waals surface area (Å²) in [5, 5.41) is 21.0. The molecule has 0 saturated carbocycles. The minimum atomic E-state index is -1.04. The number of carbonyl (C=O) groups is 1. The summed E-state index contributed by atoms with van der Waals surface area (Å²) in [6.45, 7) is 2.06. The van der Waals surface area contributed by atoms with E-state index in [4.69, 9.17) is 19.7 Å². The fourth-order valence-electron chi connectivity index (χ4n) is 1.75. The van der Waals surface area contributed by atoms with E-state index in [2.05, 4.69) is 5.32 Å². The Balaban J connectivity index is 2.84. The first-order valence-electron chi connectivity index (χ1n) is 6.47. The van der Waals surface area contributed by atoms with E-state index in [1.54, 1.807) is 6.07 Å². The zero-order valence-electron chi connectivity index (χ0n) is 11.8. The van der Waals surface area contributed by atoms with Crippen LogP contribution in [0.3, 0.4) is 0 Å². The Morgan fingerprint density at radius 2 is 2.20 bits per heavy atom. The van der Waals surface area contributed by atoms with Gasteiger partial charge in [0.1, 0.15) is 0 Å². The number of aliphatic hydroxyl groups excluding tert-OH is 1. The summed E-state index contributed by atoms with van der Waals surface area (Å²) in [5.41, 5.74) is 0.789. The Hall–Kier alpha value is -1.79. The molecule has 0 heterocycles. The van der Waals surface area contributed by atoms with Gasteiger partial charge in [-0.1, -0.05) is 19.1 Å². The summed E-state index contributed by atoms with van der Waals surface area (Å²) >= 11 is 0. The van der Waals surface area contributed by atoms with Gasteiger partial charge in [-0.3, -0.25) is 0 Å². The van der Waals surface area contributed by atoms with Crippen molar-refractivity contribution in [3.05, 3.63) is 23.8 Å². The lowest BCUT2D eigenvalue weighted by Gasteiger charge is -2.17. The average Bonchev–Trinajstić information content (AvgIpc) is 2.46. The van der Waals surface area contributed by atoms with E-state index in [9.17, 15) is 4.79 Å². The third kappa shape index (κ3) is 4.71. The molecule has 1 atom stereocenters. The van der Waals surface area contributed by atoms with Crippen molar-refractivity contribution >= 4 is 5.97 Å². The Kier molecular flexibility index (Phi) is 6.83. The first-order valence-corrected chi connectivity index (χ1v) is 6.47. The number of aliphatic hydroxyl groups is 1. The van der Waals surface area contributed by atoms with E-state index in [0.717, 1.165) is 12.0 Å². The number of methoxy groups -OCH3 is 1. The van der Waals surface area contributed by atoms with E-state index in [0.29, 0.717) is 18.0 Å². The van der Waals surface area contributed by atoms with Gasteiger partial charge in [0.05, 0.1) is 13.7 Å². The number of benzene rings is 1. The van der Waals surface area contributed by atoms with Crippen LogP contribution in [-0.4, -0.2) is 42.5 Å². The summed E-state index contributed by atoms with van der Waals surface area (Å²) < 4.78 is 10.5. The van der Waals surface area contributed by atoms with Crippen molar-refractivity contribution in [3.63, 3.8) is 0 Å². The number of para-hydroxylation sites is 1. The molecule has 1 aromatic rings. The van der Waals surface area contributed by atoms with Crippen LogP contribution >= 0.6 is 0 Å². The fraction of sp³-hybridized carbons (Fsp3) is 0.500. The second-order valence-electron chi connectivity index (χ2n) is 4.30. The zero-order valence-corrected chi connectivity index (χ0v) is 11.8. The zero-order chi connectivity index (χ0) is 15.0. The number of carboxylic acid groups (broad SMARTS) is 1. The third-order valence-corrected chi connectivity index (χ3v) is 2.91. The fourth-order valence-corrected chi connectivity index (χ4v) is 1.75. The summed E-state index contributed by atoms with van der Waals surface area (Å²) in [5.74, 6) is -0.142. The maximum Gasteiger partial charge on any atom is 0.341 e. The van der Waals surface area contributed by atoms with Crippen molar-refractivity contribution in [1.29, 1.82) is 0 Å². The first-order chi connectivity index (χ1) is 9.62. The standard InChI is InChI=1S/C14H21NO5/c1-3-11(8-16)15-7-10-5-4-6-12(19-2)14(10)20-9-13(17)18/h4-6,11,15-16H,3,7-9H2,1-2H3,(H,17,18)/t11-/m1/s1. The molecule has 1 rings (SSSR count). The summed E-state index contributed by atoms with van der Waals surface area (Å²) in [7, 11) is 1.50. The SMILES string of the molecule is CC[C@H](CO)NCc1cccc(OC)c1OCC(=O)O. The molecular weight excluding hydrogens is 262 g/mol. The topological polar surface area (TPSA) is 88.0 Å². The molecular formula is C14H21NO5. The van der Waals surface area contributed by atoms with E-state index < -0.39 is 12.6 Å². The number of hydrogen-bond donors (Lipinski definition) is 3. The molecule has 0 fully saturated rings. The van der Waals surface area contributed by atoms with E-state index in [-0.39, 0.29) is 12.6 Å². The lowest BCUT2D eigenvalue weighted by Crippen LogP contribution is -2.31. The number of hydrogen-bond acceptors (Lipinski definition) is 5. The van der Waals surface area contributed by atoms with Crippen molar-refractivity contribution < 1.29 is 24.5 Å². The molecule has 0 aliphatic carbocycles. The van der Waals surface area contributed by atoms with E-state index in [1.807, 2.05) is 19.1 Å². The van der Waals surface area contributed by atoms with Crippen LogP contribution in [0, 0.1) is 0 Å². The van der Waals surface area contributed by atoms with Gasteiger partial charge < -0.3 is 25.0 Å². The maximum atomic E-state index is 10.6. The third-order valence-electron chi connectivity index (χ3n) is 2.91. The van der Waals surface area contributed by atoms with Gasteiger partial charge in [0, 0.05) is 18.2 Å². The van der Waals surface area contributed by atoms with Gasteiger partial charge in [0.25, 0.3) is 0 Å². The molecule has 0 saturated heterocycles. The molecule has 0 aromatic heterocycles. The van der Waals surface area contributed by atoms with E-state index in [1.165, 1.54) is 7.11 Å². The monoisotopic (exact) mass is 283 g/mol. The molecule has 3 N–H and O–H groups in total. The molecule has 0 radical (unpaired) electrons. The predicted molar refractivity (Wildman–Crippen MR) is 74.1 cm³/mol. The molecule has 0 amide bonds. The Morgan fingerprint density at radius 1 is 1.45 bits per heavy atom. The smallest absolute Gasteiger partial charge is 0.341 e. The number of rotatable bonds is 9. The lowest BCUT2D eigenvalue weighted by atomic mass is 10.1. The first kappa shape index (κ1) is 16.3. The summed E-state index contributed by atoms with van der Waals surface area (Å²) in [4.78, 5) is 10.6. The minimum absolute atomic E-state index is 0.00600. The molecule has 1 aromatic carbocycles. The van der Waals surface area contributed by atoms with Crippen molar-refractivity contribution in [1.82, 2.24) is 5.32 Å². The number of aliphatic carboxylic acids is 1. The number of ether oxygens (including phenoxy) is 2. The van der Waals surface area contributed by atoms with Gasteiger partial charge in [-0.05, 0) is 12.5 Å². The van der Waals surface area contributed by atoms with E-state index >= 15 is 0 Å². The van der Waals surface area contributed by atoms with Gasteiger partial charge in [0.15, 0.2) is 18.1 Å². The molecule has 0 aliphatic rings. The summed E-state index contributed by atoms with van der Waals surface area (Å²) in [6, 6.07) is 5.35. The normalized spacial score (nSPS) is 11.9. The molecule has 6 heteroatoms. The van der Waals surface area contributed by atoms with Gasteiger partial charge in [-0.2, -0.15) is 0 Å². The Morgan fingerprint density at radius 3 is 2.75 bits per heavy atom. The van der Waals surface area contributed by atoms with Crippen molar-refractivity contribution in [2.24, 2.45) is 0 Å². The Labute approximate surface area is 118 Å². The van der Waals surface area contributed by atoms with Crippen LogP contribution in [0.5, 0.6) is 11.5 Å². The number of carboxylic acids is 1. The van der Waals surface area contributed by atoms with Crippen molar-refractivity contribution in [3.8, 4) is 11.5 Å². The molecule has 6 nitrogen and oxygen atoms in total. The van der Waals surface area contributed by atoms with Gasteiger partial charge in [-0.15, -0.1) is 0 Å².